The Bertz CT molecular complexity index is 435. The molecule has 1 atom stereocenters. The zero-order valence-electron chi connectivity index (χ0n) is 12.2. The van der Waals surface area contributed by atoms with Gasteiger partial charge in [0, 0.05) is 32.8 Å². The molecule has 0 bridgehead atoms. The Balaban J connectivity index is 1.59. The third-order valence-corrected chi connectivity index (χ3v) is 3.35. The smallest absolute Gasteiger partial charge is 0.410 e. The van der Waals surface area contributed by atoms with E-state index in [2.05, 4.69) is 5.32 Å². The molecule has 1 fully saturated rings. The van der Waals surface area contributed by atoms with Gasteiger partial charge in [0.25, 0.3) is 0 Å². The zero-order valence-corrected chi connectivity index (χ0v) is 12.2. The lowest BCUT2D eigenvalue weighted by Gasteiger charge is -2.39. The number of hydrogen-bond acceptors (Lipinski definition) is 5. The number of carbonyl (C=O) groups excluding carboxylic acids is 1. The van der Waals surface area contributed by atoms with Gasteiger partial charge in [-0.3, -0.25) is 0 Å². The van der Waals surface area contributed by atoms with Crippen molar-refractivity contribution in [3.63, 3.8) is 0 Å². The van der Waals surface area contributed by atoms with Crippen LogP contribution in [0.15, 0.2) is 30.3 Å². The quantitative estimate of drug-likeness (QED) is 0.771. The van der Waals surface area contributed by atoms with Crippen molar-refractivity contribution in [1.82, 2.24) is 10.2 Å². The molecule has 21 heavy (non-hydrogen) atoms. The van der Waals surface area contributed by atoms with E-state index in [1.165, 1.54) is 0 Å². The van der Waals surface area contributed by atoms with Crippen molar-refractivity contribution in [1.29, 1.82) is 0 Å². The second kappa shape index (κ2) is 7.97. The summed E-state index contributed by atoms with van der Waals surface area (Å²) in [4.78, 5) is 13.4. The average molecular weight is 294 g/mol. The van der Waals surface area contributed by atoms with Crippen molar-refractivity contribution in [3.05, 3.63) is 35.9 Å². The number of likely N-dealkylation sites (tertiary alicyclic amines) is 1. The maximum Gasteiger partial charge on any atom is 0.410 e. The summed E-state index contributed by atoms with van der Waals surface area (Å²) in [5.74, 6) is 0. The number of carbonyl (C=O) groups is 1. The number of ether oxygens (including phenoxy) is 2. The van der Waals surface area contributed by atoms with Crippen LogP contribution in [-0.2, 0) is 16.1 Å². The van der Waals surface area contributed by atoms with Crippen molar-refractivity contribution < 1.29 is 19.4 Å². The molecule has 0 radical (unpaired) electrons. The number of aliphatic hydroxyl groups is 1. The molecule has 0 aromatic heterocycles. The molecule has 0 aliphatic carbocycles. The van der Waals surface area contributed by atoms with Crippen LogP contribution in [0.25, 0.3) is 0 Å². The van der Waals surface area contributed by atoms with Gasteiger partial charge in [-0.25, -0.2) is 4.79 Å². The number of methoxy groups -OCH3 is 1. The first kappa shape index (κ1) is 15.8. The number of amides is 1. The van der Waals surface area contributed by atoms with E-state index in [1.807, 2.05) is 30.3 Å². The number of nitrogens with one attached hydrogen (secondary N) is 1. The van der Waals surface area contributed by atoms with E-state index in [0.717, 1.165) is 5.56 Å². The molecular weight excluding hydrogens is 272 g/mol. The second-order valence-corrected chi connectivity index (χ2v) is 5.16. The molecule has 1 aromatic carbocycles. The van der Waals surface area contributed by atoms with Crippen molar-refractivity contribution in [3.8, 4) is 0 Å². The highest BCUT2D eigenvalue weighted by atomic mass is 16.6. The molecule has 1 saturated heterocycles. The molecule has 1 amide bonds. The molecule has 1 aromatic rings. The SMILES string of the molecule is COCC(O)CNC1CN(C(=O)OCc2ccccc2)C1. The molecule has 0 saturated carbocycles. The van der Waals surface area contributed by atoms with Gasteiger partial charge >= 0.3 is 6.09 Å². The van der Waals surface area contributed by atoms with Crippen molar-refractivity contribution in [2.45, 2.75) is 18.8 Å². The van der Waals surface area contributed by atoms with Gasteiger partial charge in [0.15, 0.2) is 0 Å². The zero-order chi connectivity index (χ0) is 15.1. The molecule has 1 heterocycles. The molecule has 6 heteroatoms. The van der Waals surface area contributed by atoms with Gasteiger partial charge < -0.3 is 24.8 Å². The predicted molar refractivity (Wildman–Crippen MR) is 77.9 cm³/mol. The van der Waals surface area contributed by atoms with Gasteiger partial charge in [-0.2, -0.15) is 0 Å². The third-order valence-electron chi connectivity index (χ3n) is 3.35. The Morgan fingerprint density at radius 2 is 2.14 bits per heavy atom. The van der Waals surface area contributed by atoms with Gasteiger partial charge in [-0.05, 0) is 5.56 Å². The van der Waals surface area contributed by atoms with E-state index in [1.54, 1.807) is 12.0 Å². The number of rotatable bonds is 7. The molecule has 1 aliphatic heterocycles. The van der Waals surface area contributed by atoms with Crippen LogP contribution in [0.1, 0.15) is 5.56 Å². The van der Waals surface area contributed by atoms with Crippen LogP contribution in [0.3, 0.4) is 0 Å². The molecule has 116 valence electrons. The highest BCUT2D eigenvalue weighted by Gasteiger charge is 2.31. The fourth-order valence-corrected chi connectivity index (χ4v) is 2.12. The molecule has 1 aliphatic rings. The Morgan fingerprint density at radius 1 is 1.43 bits per heavy atom. The lowest BCUT2D eigenvalue weighted by atomic mass is 10.1. The average Bonchev–Trinajstić information content (AvgIpc) is 2.45. The number of aliphatic hydroxyl groups excluding tert-OH is 1. The topological polar surface area (TPSA) is 71.0 Å². The van der Waals surface area contributed by atoms with Gasteiger partial charge in [-0.1, -0.05) is 30.3 Å². The minimum atomic E-state index is -0.519. The maximum absolute atomic E-state index is 11.8. The fourth-order valence-electron chi connectivity index (χ4n) is 2.12. The molecule has 2 N–H and O–H groups in total. The summed E-state index contributed by atoms with van der Waals surface area (Å²) in [5.41, 5.74) is 0.976. The van der Waals surface area contributed by atoms with E-state index in [4.69, 9.17) is 9.47 Å². The summed E-state index contributed by atoms with van der Waals surface area (Å²) in [6.07, 6.45) is -0.816. The van der Waals surface area contributed by atoms with Crippen molar-refractivity contribution in [2.75, 3.05) is 33.4 Å². The lowest BCUT2D eigenvalue weighted by molar-refractivity contribution is 0.0427. The first-order chi connectivity index (χ1) is 10.2. The summed E-state index contributed by atoms with van der Waals surface area (Å²) >= 11 is 0. The standard InChI is InChI=1S/C15H22N2O4/c1-20-11-14(18)7-16-13-8-17(9-13)15(19)21-10-12-5-3-2-4-6-12/h2-6,13-14,16,18H,7-11H2,1H3. The predicted octanol–water partition coefficient (Wildman–Crippen LogP) is 0.604. The number of hydrogen-bond donors (Lipinski definition) is 2. The highest BCUT2D eigenvalue weighted by Crippen LogP contribution is 2.11. The van der Waals surface area contributed by atoms with Gasteiger partial charge in [0.2, 0.25) is 0 Å². The minimum absolute atomic E-state index is 0.209. The normalized spacial score (nSPS) is 16.4. The minimum Gasteiger partial charge on any atom is -0.445 e. The van der Waals surface area contributed by atoms with Crippen molar-refractivity contribution >= 4 is 6.09 Å². The molecular formula is C15H22N2O4. The fraction of sp³-hybridized carbons (Fsp3) is 0.533. The number of benzene rings is 1. The lowest BCUT2D eigenvalue weighted by Crippen LogP contribution is -2.60. The maximum atomic E-state index is 11.8. The van der Waals surface area contributed by atoms with E-state index in [-0.39, 0.29) is 12.1 Å². The molecule has 6 nitrogen and oxygen atoms in total. The Kier molecular flexibility index (Phi) is 5.98. The molecule has 2 rings (SSSR count). The number of nitrogens with zero attached hydrogens (tertiary/aromatic N) is 1. The van der Waals surface area contributed by atoms with E-state index in [0.29, 0.717) is 32.8 Å². The van der Waals surface area contributed by atoms with Crippen molar-refractivity contribution in [2.24, 2.45) is 0 Å². The third kappa shape index (κ3) is 5.00. The summed E-state index contributed by atoms with van der Waals surface area (Å²) in [7, 11) is 1.55. The van der Waals surface area contributed by atoms with Crippen LogP contribution in [0.2, 0.25) is 0 Å². The molecule has 0 spiro atoms. The van der Waals surface area contributed by atoms with Crippen LogP contribution < -0.4 is 5.32 Å². The largest absolute Gasteiger partial charge is 0.445 e. The van der Waals surface area contributed by atoms with E-state index < -0.39 is 6.10 Å². The van der Waals surface area contributed by atoms with Gasteiger partial charge in [0.1, 0.15) is 6.61 Å². The highest BCUT2D eigenvalue weighted by molar-refractivity contribution is 5.68. The van der Waals surface area contributed by atoms with E-state index >= 15 is 0 Å². The summed E-state index contributed by atoms with van der Waals surface area (Å²) in [5, 5.41) is 12.7. The Morgan fingerprint density at radius 3 is 2.81 bits per heavy atom. The Hall–Kier alpha value is -1.63. The first-order valence-corrected chi connectivity index (χ1v) is 7.05. The van der Waals surface area contributed by atoms with E-state index in [9.17, 15) is 9.90 Å². The van der Waals surface area contributed by atoms with Crippen LogP contribution >= 0.6 is 0 Å². The Labute approximate surface area is 124 Å². The second-order valence-electron chi connectivity index (χ2n) is 5.16. The van der Waals surface area contributed by atoms with Crippen LogP contribution in [0, 0.1) is 0 Å². The molecule has 1 unspecified atom stereocenters. The summed E-state index contributed by atoms with van der Waals surface area (Å²) in [6, 6.07) is 9.81. The van der Waals surface area contributed by atoms with Crippen LogP contribution in [-0.4, -0.2) is 61.6 Å². The summed E-state index contributed by atoms with van der Waals surface area (Å²) in [6.45, 7) is 2.27. The van der Waals surface area contributed by atoms with Crippen LogP contribution in [0.5, 0.6) is 0 Å². The van der Waals surface area contributed by atoms with Crippen LogP contribution in [0.4, 0.5) is 4.79 Å². The summed E-state index contributed by atoms with van der Waals surface area (Å²) < 4.78 is 10.1. The first-order valence-electron chi connectivity index (χ1n) is 7.05. The monoisotopic (exact) mass is 294 g/mol. The van der Waals surface area contributed by atoms with Gasteiger partial charge in [-0.15, -0.1) is 0 Å². The van der Waals surface area contributed by atoms with Gasteiger partial charge in [0.05, 0.1) is 12.7 Å².